The number of aromatic nitrogens is 1. The van der Waals surface area contributed by atoms with Crippen LogP contribution in [0.2, 0.25) is 0 Å². The molecule has 1 aromatic heterocycles. The molecule has 4 atom stereocenters. The number of aliphatic carboxylic acids is 1. The fourth-order valence-electron chi connectivity index (χ4n) is 3.31. The van der Waals surface area contributed by atoms with Crippen molar-refractivity contribution >= 4 is 11.9 Å². The van der Waals surface area contributed by atoms with Crippen molar-refractivity contribution < 1.29 is 14.7 Å². The number of fused-ring (bicyclic) bond motifs is 2. The number of carboxylic acid groups (broad SMARTS) is 1. The van der Waals surface area contributed by atoms with Crippen LogP contribution in [0.4, 0.5) is 0 Å². The summed E-state index contributed by atoms with van der Waals surface area (Å²) >= 11 is 0. The molecule has 0 unspecified atom stereocenters. The zero-order valence-corrected chi connectivity index (χ0v) is 10.9. The van der Waals surface area contributed by atoms with Crippen molar-refractivity contribution in [3.05, 3.63) is 42.2 Å². The van der Waals surface area contributed by atoms with Gasteiger partial charge in [0.25, 0.3) is 0 Å². The monoisotopic (exact) mass is 272 g/mol. The van der Waals surface area contributed by atoms with E-state index >= 15 is 0 Å². The van der Waals surface area contributed by atoms with E-state index in [0.717, 1.165) is 12.1 Å². The molecule has 2 bridgehead atoms. The van der Waals surface area contributed by atoms with Crippen LogP contribution in [0.3, 0.4) is 0 Å². The van der Waals surface area contributed by atoms with Crippen LogP contribution >= 0.6 is 0 Å². The zero-order valence-electron chi connectivity index (χ0n) is 10.9. The normalized spacial score (nSPS) is 30.4. The molecule has 2 aliphatic carbocycles. The van der Waals surface area contributed by atoms with Gasteiger partial charge in [-0.1, -0.05) is 18.2 Å². The molecule has 2 N–H and O–H groups in total. The third kappa shape index (κ3) is 2.19. The summed E-state index contributed by atoms with van der Waals surface area (Å²) in [6.45, 7) is 0.337. The molecule has 0 saturated heterocycles. The first-order chi connectivity index (χ1) is 9.66. The minimum absolute atomic E-state index is 0.00287. The van der Waals surface area contributed by atoms with E-state index in [2.05, 4.69) is 10.3 Å². The van der Waals surface area contributed by atoms with Crippen molar-refractivity contribution in [2.75, 3.05) is 0 Å². The number of pyridine rings is 1. The topological polar surface area (TPSA) is 79.3 Å². The molecule has 5 nitrogen and oxygen atoms in total. The van der Waals surface area contributed by atoms with Gasteiger partial charge in [-0.15, -0.1) is 0 Å². The van der Waals surface area contributed by atoms with Crippen molar-refractivity contribution in [3.63, 3.8) is 0 Å². The summed E-state index contributed by atoms with van der Waals surface area (Å²) in [4.78, 5) is 27.8. The summed E-state index contributed by atoms with van der Waals surface area (Å²) in [5, 5.41) is 12.1. The van der Waals surface area contributed by atoms with E-state index < -0.39 is 17.8 Å². The molecule has 0 radical (unpaired) electrons. The summed E-state index contributed by atoms with van der Waals surface area (Å²) in [6.07, 6.45) is 6.36. The molecule has 20 heavy (non-hydrogen) atoms. The predicted octanol–water partition coefficient (Wildman–Crippen LogP) is 1.22. The Kier molecular flexibility index (Phi) is 3.26. The molecular formula is C15H16N2O3. The van der Waals surface area contributed by atoms with Gasteiger partial charge < -0.3 is 10.4 Å². The van der Waals surface area contributed by atoms with E-state index in [-0.39, 0.29) is 17.7 Å². The molecule has 104 valence electrons. The summed E-state index contributed by atoms with van der Waals surface area (Å²) in [5.74, 6) is -2.03. The molecule has 0 spiro atoms. The average Bonchev–Trinajstić information content (AvgIpc) is 3.06. The number of nitrogens with zero attached hydrogens (tertiary/aromatic N) is 1. The molecule has 5 heteroatoms. The predicted molar refractivity (Wildman–Crippen MR) is 71.4 cm³/mol. The Labute approximate surface area is 116 Å². The minimum atomic E-state index is -0.875. The van der Waals surface area contributed by atoms with Crippen molar-refractivity contribution in [1.82, 2.24) is 10.3 Å². The number of nitrogens with one attached hydrogen (secondary N) is 1. The van der Waals surface area contributed by atoms with Crippen molar-refractivity contribution in [2.24, 2.45) is 23.7 Å². The van der Waals surface area contributed by atoms with E-state index in [0.29, 0.717) is 6.54 Å². The Bertz CT molecular complexity index is 555. The van der Waals surface area contributed by atoms with Crippen molar-refractivity contribution in [1.29, 1.82) is 0 Å². The Morgan fingerprint density at radius 3 is 2.65 bits per heavy atom. The van der Waals surface area contributed by atoms with Gasteiger partial charge in [-0.2, -0.15) is 0 Å². The highest BCUT2D eigenvalue weighted by molar-refractivity contribution is 5.86. The van der Waals surface area contributed by atoms with Crippen LogP contribution in [-0.4, -0.2) is 22.0 Å². The van der Waals surface area contributed by atoms with Crippen LogP contribution in [0.25, 0.3) is 0 Å². The molecule has 1 heterocycles. The fourth-order valence-corrected chi connectivity index (χ4v) is 3.31. The highest BCUT2D eigenvalue weighted by Crippen LogP contribution is 2.48. The van der Waals surface area contributed by atoms with Crippen LogP contribution in [0, 0.1) is 23.7 Å². The lowest BCUT2D eigenvalue weighted by molar-refractivity contribution is -0.147. The first kappa shape index (κ1) is 12.8. The first-order valence-corrected chi connectivity index (χ1v) is 6.75. The second-order valence-electron chi connectivity index (χ2n) is 5.38. The van der Waals surface area contributed by atoms with Gasteiger partial charge in [0.15, 0.2) is 0 Å². The van der Waals surface area contributed by atoms with Gasteiger partial charge in [0.05, 0.1) is 24.1 Å². The van der Waals surface area contributed by atoms with Crippen molar-refractivity contribution in [2.45, 2.75) is 13.0 Å². The Morgan fingerprint density at radius 1 is 1.25 bits per heavy atom. The van der Waals surface area contributed by atoms with Crippen LogP contribution in [0.1, 0.15) is 12.1 Å². The third-order valence-electron chi connectivity index (χ3n) is 4.22. The second kappa shape index (κ2) is 5.07. The standard InChI is InChI=1S/C15H16N2O3/c18-14(17-8-11-3-1-2-6-16-11)12-9-4-5-10(7-9)13(12)15(19)20/h1-6,9-10,12-13H,7-8H2,(H,17,18)(H,19,20)/t9-,10+,12-,13+/m0/s1. The quantitative estimate of drug-likeness (QED) is 0.808. The third-order valence-corrected chi connectivity index (χ3v) is 4.22. The smallest absolute Gasteiger partial charge is 0.307 e. The van der Waals surface area contributed by atoms with Crippen LogP contribution < -0.4 is 5.32 Å². The van der Waals surface area contributed by atoms with Gasteiger partial charge in [-0.25, -0.2) is 0 Å². The van der Waals surface area contributed by atoms with Gasteiger partial charge >= 0.3 is 5.97 Å². The number of carboxylic acids is 1. The fraction of sp³-hybridized carbons (Fsp3) is 0.400. The summed E-state index contributed by atoms with van der Waals surface area (Å²) in [5.41, 5.74) is 0.770. The lowest BCUT2D eigenvalue weighted by atomic mass is 9.82. The average molecular weight is 272 g/mol. The molecule has 0 aromatic carbocycles. The lowest BCUT2D eigenvalue weighted by Crippen LogP contribution is -2.40. The van der Waals surface area contributed by atoms with E-state index in [1.165, 1.54) is 0 Å². The van der Waals surface area contributed by atoms with E-state index in [4.69, 9.17) is 0 Å². The molecule has 1 saturated carbocycles. The number of carbonyl (C=O) groups is 2. The Hall–Kier alpha value is -2.17. The Morgan fingerprint density at radius 2 is 2.00 bits per heavy atom. The number of allylic oxidation sites excluding steroid dienone is 2. The SMILES string of the molecule is O=C(NCc1ccccn1)[C@@H]1[C@H](C(=O)O)[C@@H]2C=C[C@H]1C2. The van der Waals surface area contributed by atoms with Gasteiger partial charge in [0.1, 0.15) is 0 Å². The number of carbonyl (C=O) groups excluding carboxylic acids is 1. The maximum atomic E-state index is 12.3. The maximum Gasteiger partial charge on any atom is 0.307 e. The molecule has 1 aromatic rings. The second-order valence-corrected chi connectivity index (χ2v) is 5.38. The molecule has 2 aliphatic rings. The Balaban J connectivity index is 1.68. The lowest BCUT2D eigenvalue weighted by Gasteiger charge is -2.23. The van der Waals surface area contributed by atoms with Gasteiger partial charge in [0.2, 0.25) is 5.91 Å². The molecule has 1 fully saturated rings. The number of hydrogen-bond acceptors (Lipinski definition) is 3. The zero-order chi connectivity index (χ0) is 14.1. The molecule has 3 rings (SSSR count). The number of amides is 1. The van der Waals surface area contributed by atoms with E-state index in [9.17, 15) is 14.7 Å². The summed E-state index contributed by atoms with van der Waals surface area (Å²) < 4.78 is 0. The van der Waals surface area contributed by atoms with Crippen molar-refractivity contribution in [3.8, 4) is 0 Å². The van der Waals surface area contributed by atoms with E-state index in [1.54, 1.807) is 6.20 Å². The van der Waals surface area contributed by atoms with Crippen LogP contribution in [-0.2, 0) is 16.1 Å². The van der Waals surface area contributed by atoms with Crippen LogP contribution in [0.15, 0.2) is 36.5 Å². The molecule has 1 amide bonds. The number of hydrogen-bond donors (Lipinski definition) is 2. The minimum Gasteiger partial charge on any atom is -0.481 e. The highest BCUT2D eigenvalue weighted by Gasteiger charge is 2.51. The summed E-state index contributed by atoms with van der Waals surface area (Å²) in [7, 11) is 0. The first-order valence-electron chi connectivity index (χ1n) is 6.75. The number of rotatable bonds is 4. The molecule has 0 aliphatic heterocycles. The molecular weight excluding hydrogens is 256 g/mol. The highest BCUT2D eigenvalue weighted by atomic mass is 16.4. The summed E-state index contributed by atoms with van der Waals surface area (Å²) in [6, 6.07) is 5.50. The largest absolute Gasteiger partial charge is 0.481 e. The van der Waals surface area contributed by atoms with E-state index in [1.807, 2.05) is 30.4 Å². The van der Waals surface area contributed by atoms with Gasteiger partial charge in [-0.3, -0.25) is 14.6 Å². The maximum absolute atomic E-state index is 12.3. The van der Waals surface area contributed by atoms with Gasteiger partial charge in [0, 0.05) is 6.20 Å². The van der Waals surface area contributed by atoms with Gasteiger partial charge in [-0.05, 0) is 30.4 Å². The van der Waals surface area contributed by atoms with Crippen LogP contribution in [0.5, 0.6) is 0 Å².